The van der Waals surface area contributed by atoms with Gasteiger partial charge in [0.2, 0.25) is 0 Å². The summed E-state index contributed by atoms with van der Waals surface area (Å²) in [5, 5.41) is 5.30. The van der Waals surface area contributed by atoms with Crippen LogP contribution in [0.25, 0.3) is 0 Å². The van der Waals surface area contributed by atoms with E-state index in [0.29, 0.717) is 18.7 Å². The Morgan fingerprint density at radius 2 is 2.00 bits per heavy atom. The van der Waals surface area contributed by atoms with Crippen molar-refractivity contribution in [3.8, 4) is 5.75 Å². The fourth-order valence-electron chi connectivity index (χ4n) is 1.89. The Labute approximate surface area is 122 Å². The van der Waals surface area contributed by atoms with E-state index in [2.05, 4.69) is 10.6 Å². The summed E-state index contributed by atoms with van der Waals surface area (Å²) in [5.74, 6) is 0.404. The number of hydrogen-bond donors (Lipinski definition) is 2. The van der Waals surface area contributed by atoms with Crippen LogP contribution in [0.5, 0.6) is 5.75 Å². The molecule has 110 valence electrons. The summed E-state index contributed by atoms with van der Waals surface area (Å²) < 4.78 is 18.1. The molecule has 0 spiro atoms. The van der Waals surface area contributed by atoms with Crippen LogP contribution >= 0.6 is 0 Å². The lowest BCUT2D eigenvalue weighted by Crippen LogP contribution is -2.30. The minimum Gasteiger partial charge on any atom is -0.497 e. The molecule has 0 aromatic heterocycles. The van der Waals surface area contributed by atoms with Gasteiger partial charge in [0.1, 0.15) is 11.6 Å². The highest BCUT2D eigenvalue weighted by Crippen LogP contribution is 2.12. The molecule has 0 atom stereocenters. The van der Waals surface area contributed by atoms with E-state index in [1.807, 2.05) is 24.3 Å². The van der Waals surface area contributed by atoms with E-state index in [9.17, 15) is 9.18 Å². The highest BCUT2D eigenvalue weighted by molar-refractivity contribution is 5.89. The molecule has 0 aliphatic rings. The number of benzene rings is 2. The molecule has 0 unspecified atom stereocenters. The summed E-state index contributed by atoms with van der Waals surface area (Å²) in [6, 6.07) is 13.1. The first kappa shape index (κ1) is 14.8. The molecule has 21 heavy (non-hydrogen) atoms. The van der Waals surface area contributed by atoms with Gasteiger partial charge in [-0.1, -0.05) is 18.2 Å². The zero-order valence-corrected chi connectivity index (χ0v) is 11.7. The number of carbonyl (C=O) groups excluding carboxylic acids is 1. The third kappa shape index (κ3) is 4.80. The SMILES string of the molecule is COc1cccc(CCNC(=O)Nc2cccc(F)c2)c1. The van der Waals surface area contributed by atoms with Crippen molar-refractivity contribution in [1.29, 1.82) is 0 Å². The molecule has 0 aliphatic heterocycles. The Bertz CT molecular complexity index is 617. The van der Waals surface area contributed by atoms with E-state index in [-0.39, 0.29) is 11.8 Å². The van der Waals surface area contributed by atoms with Gasteiger partial charge < -0.3 is 15.4 Å². The maximum Gasteiger partial charge on any atom is 0.319 e. The molecule has 4 nitrogen and oxygen atoms in total. The monoisotopic (exact) mass is 288 g/mol. The first-order valence-corrected chi connectivity index (χ1v) is 6.61. The highest BCUT2D eigenvalue weighted by atomic mass is 19.1. The van der Waals surface area contributed by atoms with Crippen LogP contribution in [0.4, 0.5) is 14.9 Å². The van der Waals surface area contributed by atoms with E-state index < -0.39 is 0 Å². The Balaban J connectivity index is 1.79. The van der Waals surface area contributed by atoms with Gasteiger partial charge >= 0.3 is 6.03 Å². The lowest BCUT2D eigenvalue weighted by atomic mass is 10.1. The van der Waals surface area contributed by atoms with Crippen LogP contribution in [0.2, 0.25) is 0 Å². The third-order valence-electron chi connectivity index (χ3n) is 2.92. The number of hydrogen-bond acceptors (Lipinski definition) is 2. The van der Waals surface area contributed by atoms with Crippen molar-refractivity contribution in [2.24, 2.45) is 0 Å². The first-order chi connectivity index (χ1) is 10.2. The van der Waals surface area contributed by atoms with Gasteiger partial charge in [-0.15, -0.1) is 0 Å². The Kier molecular flexibility index (Phi) is 5.15. The fourth-order valence-corrected chi connectivity index (χ4v) is 1.89. The third-order valence-corrected chi connectivity index (χ3v) is 2.92. The molecule has 2 aromatic carbocycles. The molecule has 0 heterocycles. The second-order valence-corrected chi connectivity index (χ2v) is 4.49. The fraction of sp³-hybridized carbons (Fsp3) is 0.188. The van der Waals surface area contributed by atoms with Crippen molar-refractivity contribution in [3.05, 3.63) is 59.9 Å². The number of methoxy groups -OCH3 is 1. The zero-order valence-electron chi connectivity index (χ0n) is 11.7. The van der Waals surface area contributed by atoms with Crippen LogP contribution in [0.3, 0.4) is 0 Å². The van der Waals surface area contributed by atoms with E-state index in [1.54, 1.807) is 19.2 Å². The Morgan fingerprint density at radius 3 is 2.76 bits per heavy atom. The van der Waals surface area contributed by atoms with Crippen LogP contribution in [-0.2, 0) is 6.42 Å². The second-order valence-electron chi connectivity index (χ2n) is 4.49. The van der Waals surface area contributed by atoms with Crippen LogP contribution < -0.4 is 15.4 Å². The Hall–Kier alpha value is -2.56. The maximum atomic E-state index is 13.0. The van der Waals surface area contributed by atoms with E-state index in [1.165, 1.54) is 12.1 Å². The average molecular weight is 288 g/mol. The van der Waals surface area contributed by atoms with Gasteiger partial charge in [0.25, 0.3) is 0 Å². The van der Waals surface area contributed by atoms with Crippen molar-refractivity contribution in [2.75, 3.05) is 19.0 Å². The zero-order chi connectivity index (χ0) is 15.1. The van der Waals surface area contributed by atoms with Gasteiger partial charge in [-0.25, -0.2) is 9.18 Å². The van der Waals surface area contributed by atoms with E-state index in [4.69, 9.17) is 4.74 Å². The second kappa shape index (κ2) is 7.28. The smallest absolute Gasteiger partial charge is 0.319 e. The van der Waals surface area contributed by atoms with Crippen molar-refractivity contribution >= 4 is 11.7 Å². The summed E-state index contributed by atoms with van der Waals surface area (Å²) in [5.41, 5.74) is 1.49. The van der Waals surface area contributed by atoms with E-state index in [0.717, 1.165) is 11.3 Å². The van der Waals surface area contributed by atoms with Gasteiger partial charge in [0.05, 0.1) is 7.11 Å². The predicted octanol–water partition coefficient (Wildman–Crippen LogP) is 3.20. The first-order valence-electron chi connectivity index (χ1n) is 6.61. The minimum atomic E-state index is -0.385. The number of urea groups is 1. The molecule has 0 fully saturated rings. The molecular weight excluding hydrogens is 271 g/mol. The topological polar surface area (TPSA) is 50.4 Å². The Morgan fingerprint density at radius 1 is 1.19 bits per heavy atom. The van der Waals surface area contributed by atoms with Crippen LogP contribution in [0.1, 0.15) is 5.56 Å². The molecule has 2 amide bonds. The summed E-state index contributed by atoms with van der Waals surface area (Å²) >= 11 is 0. The van der Waals surface area contributed by atoms with Crippen LogP contribution in [0.15, 0.2) is 48.5 Å². The molecule has 2 rings (SSSR count). The average Bonchev–Trinajstić information content (AvgIpc) is 2.47. The summed E-state index contributed by atoms with van der Waals surface area (Å²) in [4.78, 5) is 11.7. The van der Waals surface area contributed by atoms with Crippen LogP contribution in [0, 0.1) is 5.82 Å². The highest BCUT2D eigenvalue weighted by Gasteiger charge is 2.02. The summed E-state index contributed by atoms with van der Waals surface area (Å²) in [6.07, 6.45) is 0.688. The molecule has 0 aliphatic carbocycles. The van der Waals surface area contributed by atoms with Gasteiger partial charge in [0, 0.05) is 12.2 Å². The van der Waals surface area contributed by atoms with Gasteiger partial charge in [0.15, 0.2) is 0 Å². The minimum absolute atomic E-state index is 0.358. The molecule has 2 N–H and O–H groups in total. The van der Waals surface area contributed by atoms with E-state index >= 15 is 0 Å². The molecular formula is C16H17FN2O2. The number of anilines is 1. The van der Waals surface area contributed by atoms with Crippen molar-refractivity contribution in [1.82, 2.24) is 5.32 Å². The molecule has 0 saturated heterocycles. The summed E-state index contributed by atoms with van der Waals surface area (Å²) in [6.45, 7) is 0.480. The van der Waals surface area contributed by atoms with Crippen molar-refractivity contribution < 1.29 is 13.9 Å². The normalized spacial score (nSPS) is 10.0. The quantitative estimate of drug-likeness (QED) is 0.887. The maximum absolute atomic E-state index is 13.0. The molecule has 5 heteroatoms. The number of halogens is 1. The van der Waals surface area contributed by atoms with Crippen molar-refractivity contribution in [2.45, 2.75) is 6.42 Å². The number of amides is 2. The molecule has 0 bridgehead atoms. The lowest BCUT2D eigenvalue weighted by molar-refractivity contribution is 0.252. The predicted molar refractivity (Wildman–Crippen MR) is 80.1 cm³/mol. The number of carbonyl (C=O) groups is 1. The van der Waals surface area contributed by atoms with Crippen molar-refractivity contribution in [3.63, 3.8) is 0 Å². The largest absolute Gasteiger partial charge is 0.497 e. The van der Waals surface area contributed by atoms with Gasteiger partial charge in [-0.3, -0.25) is 0 Å². The molecule has 2 aromatic rings. The number of nitrogens with one attached hydrogen (secondary N) is 2. The molecule has 0 saturated carbocycles. The van der Waals surface area contributed by atoms with Gasteiger partial charge in [-0.2, -0.15) is 0 Å². The summed E-state index contributed by atoms with van der Waals surface area (Å²) in [7, 11) is 1.61. The van der Waals surface area contributed by atoms with Gasteiger partial charge in [-0.05, 0) is 42.3 Å². The lowest BCUT2D eigenvalue weighted by Gasteiger charge is -2.08. The number of rotatable bonds is 5. The standard InChI is InChI=1S/C16H17FN2O2/c1-21-15-7-2-4-12(10-15)8-9-18-16(20)19-14-6-3-5-13(17)11-14/h2-7,10-11H,8-9H2,1H3,(H2,18,19,20). The number of ether oxygens (including phenoxy) is 1. The molecule has 0 radical (unpaired) electrons. The van der Waals surface area contributed by atoms with Crippen LogP contribution in [-0.4, -0.2) is 19.7 Å².